The first kappa shape index (κ1) is 15.1. The van der Waals surface area contributed by atoms with E-state index in [2.05, 4.69) is 25.9 Å². The Hall–Kier alpha value is -1.33. The number of hydrogen-bond acceptors (Lipinski definition) is 4. The molecule has 0 aliphatic heterocycles. The summed E-state index contributed by atoms with van der Waals surface area (Å²) < 4.78 is 6.58. The van der Waals surface area contributed by atoms with E-state index >= 15 is 0 Å². The van der Waals surface area contributed by atoms with E-state index in [0.29, 0.717) is 28.3 Å². The highest BCUT2D eigenvalue weighted by Gasteiger charge is 2.19. The van der Waals surface area contributed by atoms with Crippen molar-refractivity contribution in [2.24, 2.45) is 0 Å². The van der Waals surface area contributed by atoms with Crippen molar-refractivity contribution in [3.63, 3.8) is 0 Å². The van der Waals surface area contributed by atoms with Crippen molar-refractivity contribution in [2.45, 2.75) is 26.2 Å². The zero-order chi connectivity index (χ0) is 14.9. The van der Waals surface area contributed by atoms with Gasteiger partial charge >= 0.3 is 0 Å². The van der Waals surface area contributed by atoms with Crippen LogP contribution in [0.25, 0.3) is 0 Å². The highest BCUT2D eigenvalue weighted by molar-refractivity contribution is 9.10. The van der Waals surface area contributed by atoms with Gasteiger partial charge in [0.15, 0.2) is 0 Å². The molecule has 0 fully saturated rings. The van der Waals surface area contributed by atoms with Crippen LogP contribution in [0, 0.1) is 0 Å². The molecule has 2 N–H and O–H groups in total. The molecule has 1 heterocycles. The molecule has 1 aromatic heterocycles. The van der Waals surface area contributed by atoms with Gasteiger partial charge < -0.3 is 10.5 Å². The van der Waals surface area contributed by atoms with Crippen molar-refractivity contribution in [3.8, 4) is 11.6 Å². The Morgan fingerprint density at radius 2 is 1.90 bits per heavy atom. The summed E-state index contributed by atoms with van der Waals surface area (Å²) in [5.74, 6) is 1.90. The number of halogens is 2. The number of rotatable bonds is 2. The van der Waals surface area contributed by atoms with Crippen molar-refractivity contribution in [1.82, 2.24) is 9.97 Å². The van der Waals surface area contributed by atoms with Crippen molar-refractivity contribution < 1.29 is 4.74 Å². The molecule has 0 bridgehead atoms. The number of aromatic nitrogens is 2. The SMILES string of the molecule is CC(C)(C)c1nc(N)cc(Oc2ccc(Br)cc2Cl)n1. The van der Waals surface area contributed by atoms with Crippen LogP contribution in [0.15, 0.2) is 28.7 Å². The first-order chi connectivity index (χ1) is 9.25. The smallest absolute Gasteiger partial charge is 0.224 e. The number of ether oxygens (including phenoxy) is 1. The molecule has 0 aliphatic carbocycles. The summed E-state index contributed by atoms with van der Waals surface area (Å²) in [4.78, 5) is 8.61. The third-order valence-corrected chi connectivity index (χ3v) is 3.29. The standard InChI is InChI=1S/C14H15BrClN3O/c1-14(2,3)13-18-11(17)7-12(19-13)20-10-5-4-8(15)6-9(10)16/h4-7H,1-3H3,(H2,17,18,19). The monoisotopic (exact) mass is 355 g/mol. The maximum atomic E-state index is 6.12. The van der Waals surface area contributed by atoms with Gasteiger partial charge in [-0.2, -0.15) is 4.98 Å². The number of hydrogen-bond donors (Lipinski definition) is 1. The molecule has 106 valence electrons. The molecule has 0 saturated carbocycles. The Morgan fingerprint density at radius 1 is 1.20 bits per heavy atom. The lowest BCUT2D eigenvalue weighted by Gasteiger charge is -2.17. The first-order valence-corrected chi connectivity index (χ1v) is 7.21. The first-order valence-electron chi connectivity index (χ1n) is 6.03. The summed E-state index contributed by atoms with van der Waals surface area (Å²) in [5.41, 5.74) is 5.59. The van der Waals surface area contributed by atoms with Gasteiger partial charge in [-0.25, -0.2) is 4.98 Å². The normalized spacial score (nSPS) is 11.4. The van der Waals surface area contributed by atoms with Crippen LogP contribution in [0.4, 0.5) is 5.82 Å². The molecule has 4 nitrogen and oxygen atoms in total. The van der Waals surface area contributed by atoms with Crippen LogP contribution in [0.2, 0.25) is 5.02 Å². The molecule has 0 amide bonds. The molecule has 20 heavy (non-hydrogen) atoms. The van der Waals surface area contributed by atoms with Crippen LogP contribution in [0.1, 0.15) is 26.6 Å². The zero-order valence-electron chi connectivity index (χ0n) is 11.4. The highest BCUT2D eigenvalue weighted by Crippen LogP contribution is 2.32. The Kier molecular flexibility index (Phi) is 4.20. The number of nitrogens with two attached hydrogens (primary N) is 1. The molecule has 0 radical (unpaired) electrons. The molecule has 0 atom stereocenters. The van der Waals surface area contributed by atoms with Crippen LogP contribution < -0.4 is 10.5 Å². The summed E-state index contributed by atoms with van der Waals surface area (Å²) in [6.07, 6.45) is 0. The third kappa shape index (κ3) is 3.61. The van der Waals surface area contributed by atoms with Gasteiger partial charge in [0.1, 0.15) is 17.4 Å². The molecule has 6 heteroatoms. The minimum absolute atomic E-state index is 0.211. The Bertz CT molecular complexity index is 641. The fraction of sp³-hybridized carbons (Fsp3) is 0.286. The van der Waals surface area contributed by atoms with Crippen molar-refractivity contribution >= 4 is 33.3 Å². The van der Waals surface area contributed by atoms with E-state index in [1.165, 1.54) is 0 Å². The quantitative estimate of drug-likeness (QED) is 0.856. The summed E-state index contributed by atoms with van der Waals surface area (Å²) in [7, 11) is 0. The lowest BCUT2D eigenvalue weighted by molar-refractivity contribution is 0.447. The van der Waals surface area contributed by atoms with E-state index in [9.17, 15) is 0 Å². The van der Waals surface area contributed by atoms with Crippen LogP contribution >= 0.6 is 27.5 Å². The molecular formula is C14H15BrClN3O. The van der Waals surface area contributed by atoms with E-state index in [4.69, 9.17) is 22.1 Å². The largest absolute Gasteiger partial charge is 0.437 e. The molecule has 0 aliphatic rings. The topological polar surface area (TPSA) is 61.0 Å². The van der Waals surface area contributed by atoms with Gasteiger partial charge in [-0.05, 0) is 18.2 Å². The molecule has 2 rings (SSSR count). The third-order valence-electron chi connectivity index (χ3n) is 2.50. The Balaban J connectivity index is 2.36. The van der Waals surface area contributed by atoms with E-state index in [1.54, 1.807) is 18.2 Å². The van der Waals surface area contributed by atoms with Gasteiger partial charge in [0.05, 0.1) is 5.02 Å². The summed E-state index contributed by atoms with van der Waals surface area (Å²) >= 11 is 9.46. The fourth-order valence-corrected chi connectivity index (χ4v) is 2.21. The molecule has 0 unspecified atom stereocenters. The summed E-state index contributed by atoms with van der Waals surface area (Å²) in [5, 5.41) is 0.494. The average Bonchev–Trinajstić information content (AvgIpc) is 2.31. The van der Waals surface area contributed by atoms with Gasteiger partial charge in [-0.15, -0.1) is 0 Å². The van der Waals surface area contributed by atoms with Crippen molar-refractivity contribution in [3.05, 3.63) is 39.6 Å². The summed E-state index contributed by atoms with van der Waals surface area (Å²) in [6.45, 7) is 6.04. The zero-order valence-corrected chi connectivity index (χ0v) is 13.8. The molecule has 1 aromatic carbocycles. The lowest BCUT2D eigenvalue weighted by atomic mass is 9.96. The van der Waals surface area contributed by atoms with Gasteiger partial charge in [-0.3, -0.25) is 0 Å². The highest BCUT2D eigenvalue weighted by atomic mass is 79.9. The van der Waals surface area contributed by atoms with Crippen molar-refractivity contribution in [1.29, 1.82) is 0 Å². The number of benzene rings is 1. The van der Waals surface area contributed by atoms with E-state index in [0.717, 1.165) is 4.47 Å². The average molecular weight is 357 g/mol. The molecule has 0 spiro atoms. The van der Waals surface area contributed by atoms with E-state index in [-0.39, 0.29) is 5.41 Å². The van der Waals surface area contributed by atoms with Gasteiger partial charge in [0, 0.05) is 16.0 Å². The van der Waals surface area contributed by atoms with E-state index < -0.39 is 0 Å². The predicted octanol–water partition coefficient (Wildman–Crippen LogP) is 4.56. The predicted molar refractivity (Wildman–Crippen MR) is 84.4 cm³/mol. The van der Waals surface area contributed by atoms with E-state index in [1.807, 2.05) is 26.8 Å². The maximum Gasteiger partial charge on any atom is 0.224 e. The number of nitrogens with zero attached hydrogens (tertiary/aromatic N) is 2. The number of anilines is 1. The Labute approximate surface area is 131 Å². The van der Waals surface area contributed by atoms with Gasteiger partial charge in [0.25, 0.3) is 0 Å². The van der Waals surface area contributed by atoms with Crippen LogP contribution in [-0.4, -0.2) is 9.97 Å². The second kappa shape index (κ2) is 5.58. The molecular weight excluding hydrogens is 342 g/mol. The second-order valence-corrected chi connectivity index (χ2v) is 6.70. The molecule has 0 saturated heterocycles. The van der Waals surface area contributed by atoms with Gasteiger partial charge in [-0.1, -0.05) is 48.3 Å². The fourth-order valence-electron chi connectivity index (χ4n) is 1.50. The minimum Gasteiger partial charge on any atom is -0.437 e. The minimum atomic E-state index is -0.211. The number of nitrogen functional groups attached to an aromatic ring is 1. The van der Waals surface area contributed by atoms with Gasteiger partial charge in [0.2, 0.25) is 5.88 Å². The maximum absolute atomic E-state index is 6.12. The second-order valence-electron chi connectivity index (χ2n) is 5.38. The van der Waals surface area contributed by atoms with Crippen molar-refractivity contribution in [2.75, 3.05) is 5.73 Å². The van der Waals surface area contributed by atoms with Crippen LogP contribution in [0.3, 0.4) is 0 Å². The summed E-state index contributed by atoms with van der Waals surface area (Å²) in [6, 6.07) is 6.94. The lowest BCUT2D eigenvalue weighted by Crippen LogP contribution is -2.17. The van der Waals surface area contributed by atoms with Crippen LogP contribution in [0.5, 0.6) is 11.6 Å². The van der Waals surface area contributed by atoms with Crippen LogP contribution in [-0.2, 0) is 5.41 Å². The Morgan fingerprint density at radius 3 is 2.50 bits per heavy atom. The molecule has 2 aromatic rings.